The summed E-state index contributed by atoms with van der Waals surface area (Å²) in [7, 11) is 0. The molecule has 4 atom stereocenters. The average molecular weight is 422 g/mol. The molecule has 0 spiro atoms. The molecule has 2 aromatic heterocycles. The monoisotopic (exact) mass is 421 g/mol. The largest absolute Gasteiger partial charge is 0.463 e. The lowest BCUT2D eigenvalue weighted by molar-refractivity contribution is -0.0511. The summed E-state index contributed by atoms with van der Waals surface area (Å²) in [6.07, 6.45) is -2.41. The SMILES string of the molecule is Nc1nc(OCCc2ccc(Cl)cc2)nc2c1ncn2[C@H]1O[C@@H](CO)[C@H](O)[C@@H]1O. The van der Waals surface area contributed by atoms with Crippen LogP contribution in [0, 0.1) is 0 Å². The highest BCUT2D eigenvalue weighted by Gasteiger charge is 2.44. The quantitative estimate of drug-likeness (QED) is 0.440. The zero-order chi connectivity index (χ0) is 20.5. The summed E-state index contributed by atoms with van der Waals surface area (Å²) in [5.41, 5.74) is 7.61. The Morgan fingerprint density at radius 2 is 1.93 bits per heavy atom. The van der Waals surface area contributed by atoms with Crippen molar-refractivity contribution >= 4 is 28.6 Å². The van der Waals surface area contributed by atoms with E-state index in [0.29, 0.717) is 23.6 Å². The van der Waals surface area contributed by atoms with E-state index in [1.165, 1.54) is 10.9 Å². The molecular formula is C18H20ClN5O5. The first-order valence-corrected chi connectivity index (χ1v) is 9.35. The fourth-order valence-corrected chi connectivity index (χ4v) is 3.32. The Hall–Kier alpha value is -2.50. The van der Waals surface area contributed by atoms with Crippen LogP contribution in [0.3, 0.4) is 0 Å². The third kappa shape index (κ3) is 3.85. The maximum atomic E-state index is 10.3. The number of fused-ring (bicyclic) bond motifs is 1. The van der Waals surface area contributed by atoms with Crippen LogP contribution in [-0.2, 0) is 11.2 Å². The number of rotatable bonds is 6. The normalized spacial score (nSPS) is 24.3. The minimum Gasteiger partial charge on any atom is -0.463 e. The molecule has 3 aromatic rings. The molecule has 1 aliphatic heterocycles. The van der Waals surface area contributed by atoms with Crippen LogP contribution < -0.4 is 10.5 Å². The van der Waals surface area contributed by atoms with E-state index in [2.05, 4.69) is 15.0 Å². The highest BCUT2D eigenvalue weighted by Crippen LogP contribution is 2.32. The van der Waals surface area contributed by atoms with Crippen molar-refractivity contribution in [1.29, 1.82) is 0 Å². The number of nitrogens with two attached hydrogens (primary N) is 1. The second kappa shape index (κ2) is 8.09. The summed E-state index contributed by atoms with van der Waals surface area (Å²) >= 11 is 5.88. The van der Waals surface area contributed by atoms with E-state index in [1.54, 1.807) is 12.1 Å². The number of benzene rings is 1. The highest BCUT2D eigenvalue weighted by atomic mass is 35.5. The van der Waals surface area contributed by atoms with E-state index in [9.17, 15) is 15.3 Å². The topological polar surface area (TPSA) is 149 Å². The fourth-order valence-electron chi connectivity index (χ4n) is 3.19. The van der Waals surface area contributed by atoms with Gasteiger partial charge in [-0.2, -0.15) is 9.97 Å². The van der Waals surface area contributed by atoms with Gasteiger partial charge in [0.05, 0.1) is 19.5 Å². The van der Waals surface area contributed by atoms with Crippen molar-refractivity contribution in [3.63, 3.8) is 0 Å². The molecule has 4 rings (SSSR count). The number of ether oxygens (including phenoxy) is 2. The number of hydrogen-bond donors (Lipinski definition) is 4. The van der Waals surface area contributed by atoms with Crippen LogP contribution in [-0.4, -0.2) is 66.4 Å². The van der Waals surface area contributed by atoms with Crippen LogP contribution in [0.2, 0.25) is 5.02 Å². The Kier molecular flexibility index (Phi) is 5.52. The van der Waals surface area contributed by atoms with E-state index in [1.807, 2.05) is 12.1 Å². The van der Waals surface area contributed by atoms with Gasteiger partial charge in [0, 0.05) is 11.4 Å². The molecule has 0 radical (unpaired) electrons. The summed E-state index contributed by atoms with van der Waals surface area (Å²) in [6.45, 7) is -0.119. The third-order valence-corrected chi connectivity index (χ3v) is 5.01. The Labute approximate surface area is 170 Å². The zero-order valence-electron chi connectivity index (χ0n) is 15.2. The number of aliphatic hydroxyl groups is 3. The Morgan fingerprint density at radius 1 is 1.17 bits per heavy atom. The Bertz CT molecular complexity index is 998. The van der Waals surface area contributed by atoms with Crippen molar-refractivity contribution < 1.29 is 24.8 Å². The molecule has 0 saturated carbocycles. The van der Waals surface area contributed by atoms with Gasteiger partial charge in [-0.25, -0.2) is 4.98 Å². The maximum absolute atomic E-state index is 10.3. The summed E-state index contributed by atoms with van der Waals surface area (Å²) in [5, 5.41) is 30.2. The summed E-state index contributed by atoms with van der Waals surface area (Å²) < 4.78 is 12.6. The van der Waals surface area contributed by atoms with Gasteiger partial charge in [0.15, 0.2) is 23.2 Å². The van der Waals surface area contributed by atoms with Crippen LogP contribution in [0.1, 0.15) is 11.8 Å². The minimum atomic E-state index is -1.27. The van der Waals surface area contributed by atoms with E-state index >= 15 is 0 Å². The van der Waals surface area contributed by atoms with Gasteiger partial charge in [0.1, 0.15) is 18.3 Å². The molecule has 1 fully saturated rings. The van der Waals surface area contributed by atoms with Gasteiger partial charge in [-0.1, -0.05) is 23.7 Å². The molecule has 29 heavy (non-hydrogen) atoms. The third-order valence-electron chi connectivity index (χ3n) is 4.75. The zero-order valence-corrected chi connectivity index (χ0v) is 16.0. The van der Waals surface area contributed by atoms with Gasteiger partial charge >= 0.3 is 6.01 Å². The van der Waals surface area contributed by atoms with Gasteiger partial charge in [-0.05, 0) is 17.7 Å². The molecule has 154 valence electrons. The van der Waals surface area contributed by atoms with Crippen LogP contribution in [0.15, 0.2) is 30.6 Å². The smallest absolute Gasteiger partial charge is 0.320 e. The predicted molar refractivity (Wildman–Crippen MR) is 103 cm³/mol. The number of hydrogen-bond acceptors (Lipinski definition) is 9. The molecule has 3 heterocycles. The first kappa shape index (κ1) is 19.8. The maximum Gasteiger partial charge on any atom is 0.320 e. The number of aromatic nitrogens is 4. The number of halogens is 1. The van der Waals surface area contributed by atoms with Crippen LogP contribution in [0.25, 0.3) is 11.2 Å². The standard InChI is InChI=1S/C18H20ClN5O5/c19-10-3-1-9(2-4-10)5-6-28-18-22-15(20)12-16(23-18)24(8-21-12)17-14(27)13(26)11(7-25)29-17/h1-4,8,11,13-14,17,25-27H,5-7H2,(H2,20,22,23)/t11-,13-,14-,17-/m0/s1. The highest BCUT2D eigenvalue weighted by molar-refractivity contribution is 6.30. The van der Waals surface area contributed by atoms with Gasteiger partial charge in [-0.15, -0.1) is 0 Å². The Morgan fingerprint density at radius 3 is 2.62 bits per heavy atom. The lowest BCUT2D eigenvalue weighted by Crippen LogP contribution is -2.33. The number of imidazole rings is 1. The number of nitrogens with zero attached hydrogens (tertiary/aromatic N) is 4. The molecule has 1 aromatic carbocycles. The Balaban J connectivity index is 1.54. The number of anilines is 1. The first-order chi connectivity index (χ1) is 14.0. The van der Waals surface area contributed by atoms with E-state index in [4.69, 9.17) is 26.8 Å². The van der Waals surface area contributed by atoms with Crippen molar-refractivity contribution in [2.75, 3.05) is 18.9 Å². The van der Waals surface area contributed by atoms with Crippen LogP contribution in [0.5, 0.6) is 6.01 Å². The van der Waals surface area contributed by atoms with Crippen molar-refractivity contribution in [3.05, 3.63) is 41.2 Å². The van der Waals surface area contributed by atoms with E-state index in [-0.39, 0.29) is 17.5 Å². The second-order valence-electron chi connectivity index (χ2n) is 6.67. The van der Waals surface area contributed by atoms with Crippen LogP contribution >= 0.6 is 11.6 Å². The van der Waals surface area contributed by atoms with Crippen LogP contribution in [0.4, 0.5) is 5.82 Å². The first-order valence-electron chi connectivity index (χ1n) is 8.97. The molecule has 0 unspecified atom stereocenters. The average Bonchev–Trinajstić information content (AvgIpc) is 3.25. The molecule has 0 bridgehead atoms. The van der Waals surface area contributed by atoms with Crippen molar-refractivity contribution in [1.82, 2.24) is 19.5 Å². The minimum absolute atomic E-state index is 0.0532. The van der Waals surface area contributed by atoms with Crippen molar-refractivity contribution in [2.45, 2.75) is 31.0 Å². The fraction of sp³-hybridized carbons (Fsp3) is 0.389. The lowest BCUT2D eigenvalue weighted by atomic mass is 10.1. The molecule has 10 nitrogen and oxygen atoms in total. The summed E-state index contributed by atoms with van der Waals surface area (Å²) in [5.74, 6) is 0.113. The van der Waals surface area contributed by atoms with E-state index in [0.717, 1.165) is 5.56 Å². The van der Waals surface area contributed by atoms with Gasteiger partial charge in [-0.3, -0.25) is 4.57 Å². The molecule has 0 aliphatic carbocycles. The molecule has 1 saturated heterocycles. The van der Waals surface area contributed by atoms with Crippen molar-refractivity contribution in [2.24, 2.45) is 0 Å². The molecule has 5 N–H and O–H groups in total. The lowest BCUT2D eigenvalue weighted by Gasteiger charge is -2.16. The van der Waals surface area contributed by atoms with Gasteiger partial charge < -0.3 is 30.5 Å². The van der Waals surface area contributed by atoms with Gasteiger partial charge in [0.2, 0.25) is 0 Å². The van der Waals surface area contributed by atoms with E-state index < -0.39 is 31.1 Å². The second-order valence-corrected chi connectivity index (χ2v) is 7.11. The van der Waals surface area contributed by atoms with Crippen molar-refractivity contribution in [3.8, 4) is 6.01 Å². The number of aliphatic hydroxyl groups excluding tert-OH is 3. The molecule has 0 amide bonds. The van der Waals surface area contributed by atoms with Gasteiger partial charge in [0.25, 0.3) is 0 Å². The molecule has 11 heteroatoms. The molecular weight excluding hydrogens is 402 g/mol. The predicted octanol–water partition coefficient (Wildman–Crippen LogP) is 0.295. The summed E-state index contributed by atoms with van der Waals surface area (Å²) in [6, 6.07) is 7.47. The summed E-state index contributed by atoms with van der Waals surface area (Å²) in [4.78, 5) is 12.6. The number of nitrogen functional groups attached to an aromatic ring is 1. The molecule has 1 aliphatic rings.